The molecule has 3 rings (SSSR count). The van der Waals surface area contributed by atoms with E-state index in [-0.39, 0.29) is 35.3 Å². The first-order valence-electron chi connectivity index (χ1n) is 9.56. The summed E-state index contributed by atoms with van der Waals surface area (Å²) in [5.41, 5.74) is 0.447. The summed E-state index contributed by atoms with van der Waals surface area (Å²) in [6, 6.07) is 5.98. The quantitative estimate of drug-likeness (QED) is 0.573. The molecule has 1 fully saturated rings. The molecule has 0 atom stereocenters. The van der Waals surface area contributed by atoms with Crippen molar-refractivity contribution in [3.05, 3.63) is 30.0 Å². The van der Waals surface area contributed by atoms with Crippen LogP contribution in [0.1, 0.15) is 17.4 Å². The molecule has 0 saturated carbocycles. The summed E-state index contributed by atoms with van der Waals surface area (Å²) in [4.78, 5) is 13.9. The van der Waals surface area contributed by atoms with E-state index in [1.54, 1.807) is 13.0 Å². The standard InChI is InChI=1S/C19H25N3O7S/c1-3-28-19(23)15-13-17(29-21-15)14-4-5-16(26-2)18(12-14)30(24,25)20-6-7-22-8-10-27-11-9-22/h4-5,12-13,20H,3,6-11H2,1-2H3. The van der Waals surface area contributed by atoms with E-state index in [1.807, 2.05) is 0 Å². The van der Waals surface area contributed by atoms with Crippen LogP contribution in [0.5, 0.6) is 5.75 Å². The first kappa shape index (κ1) is 22.2. The fraction of sp³-hybridized carbons (Fsp3) is 0.474. The lowest BCUT2D eigenvalue weighted by molar-refractivity contribution is 0.0390. The maximum absolute atomic E-state index is 12.9. The van der Waals surface area contributed by atoms with Crippen molar-refractivity contribution in [2.45, 2.75) is 11.8 Å². The first-order chi connectivity index (χ1) is 14.4. The predicted molar refractivity (Wildman–Crippen MR) is 107 cm³/mol. The molecule has 164 valence electrons. The van der Waals surface area contributed by atoms with Crippen LogP contribution < -0.4 is 9.46 Å². The second kappa shape index (κ2) is 10.0. The van der Waals surface area contributed by atoms with Gasteiger partial charge in [0, 0.05) is 37.8 Å². The number of carbonyl (C=O) groups is 1. The zero-order chi connectivity index (χ0) is 21.6. The number of morpholine rings is 1. The van der Waals surface area contributed by atoms with Crippen LogP contribution in [-0.4, -0.2) is 77.6 Å². The Bertz CT molecular complexity index is 968. The van der Waals surface area contributed by atoms with Gasteiger partial charge < -0.3 is 18.7 Å². The van der Waals surface area contributed by atoms with Gasteiger partial charge in [0.25, 0.3) is 0 Å². The Morgan fingerprint density at radius 1 is 1.27 bits per heavy atom. The van der Waals surface area contributed by atoms with Gasteiger partial charge in [-0.1, -0.05) is 5.16 Å². The average Bonchev–Trinajstić information content (AvgIpc) is 3.24. The second-order valence-electron chi connectivity index (χ2n) is 6.51. The van der Waals surface area contributed by atoms with E-state index in [9.17, 15) is 13.2 Å². The highest BCUT2D eigenvalue weighted by molar-refractivity contribution is 7.89. The maximum atomic E-state index is 12.9. The van der Waals surface area contributed by atoms with Crippen LogP contribution in [0.25, 0.3) is 11.3 Å². The van der Waals surface area contributed by atoms with Gasteiger partial charge in [0.1, 0.15) is 10.6 Å². The van der Waals surface area contributed by atoms with Gasteiger partial charge in [0.05, 0.1) is 26.9 Å². The number of carbonyl (C=O) groups excluding carboxylic acids is 1. The summed E-state index contributed by atoms with van der Waals surface area (Å²) < 4.78 is 49.0. The zero-order valence-corrected chi connectivity index (χ0v) is 17.7. The highest BCUT2D eigenvalue weighted by Gasteiger charge is 2.22. The van der Waals surface area contributed by atoms with Crippen LogP contribution >= 0.6 is 0 Å². The van der Waals surface area contributed by atoms with Crippen LogP contribution in [-0.2, 0) is 19.5 Å². The lowest BCUT2D eigenvalue weighted by Gasteiger charge is -2.26. The molecule has 0 amide bonds. The monoisotopic (exact) mass is 439 g/mol. The Balaban J connectivity index is 1.77. The van der Waals surface area contributed by atoms with Crippen molar-refractivity contribution >= 4 is 16.0 Å². The summed E-state index contributed by atoms with van der Waals surface area (Å²) in [6.45, 7) is 5.57. The van der Waals surface area contributed by atoms with E-state index in [4.69, 9.17) is 18.7 Å². The molecule has 11 heteroatoms. The third-order valence-corrected chi connectivity index (χ3v) is 6.04. The van der Waals surface area contributed by atoms with Crippen molar-refractivity contribution in [1.82, 2.24) is 14.8 Å². The van der Waals surface area contributed by atoms with E-state index in [1.165, 1.54) is 25.3 Å². The van der Waals surface area contributed by atoms with E-state index in [2.05, 4.69) is 14.8 Å². The normalized spacial score (nSPS) is 15.1. The summed E-state index contributed by atoms with van der Waals surface area (Å²) >= 11 is 0. The highest BCUT2D eigenvalue weighted by atomic mass is 32.2. The van der Waals surface area contributed by atoms with E-state index in [0.717, 1.165) is 13.1 Å². The number of hydrogen-bond acceptors (Lipinski definition) is 9. The first-order valence-corrected chi connectivity index (χ1v) is 11.0. The molecule has 1 aliphatic rings. The van der Waals surface area contributed by atoms with E-state index < -0.39 is 16.0 Å². The van der Waals surface area contributed by atoms with Crippen LogP contribution in [0.4, 0.5) is 0 Å². The van der Waals surface area contributed by atoms with Crippen LogP contribution in [0, 0.1) is 0 Å². The third-order valence-electron chi connectivity index (χ3n) is 4.56. The molecule has 0 unspecified atom stereocenters. The van der Waals surface area contributed by atoms with E-state index in [0.29, 0.717) is 25.3 Å². The average molecular weight is 439 g/mol. The Morgan fingerprint density at radius 2 is 2.03 bits per heavy atom. The van der Waals surface area contributed by atoms with Gasteiger partial charge in [0.2, 0.25) is 10.0 Å². The second-order valence-corrected chi connectivity index (χ2v) is 8.25. The number of aromatic nitrogens is 1. The van der Waals surface area contributed by atoms with Gasteiger partial charge in [-0.25, -0.2) is 17.9 Å². The molecular formula is C19H25N3O7S. The van der Waals surface area contributed by atoms with Crippen molar-refractivity contribution in [3.63, 3.8) is 0 Å². The Hall–Kier alpha value is -2.47. The van der Waals surface area contributed by atoms with Crippen molar-refractivity contribution in [2.24, 2.45) is 0 Å². The van der Waals surface area contributed by atoms with Gasteiger partial charge in [-0.2, -0.15) is 0 Å². The molecule has 0 bridgehead atoms. The molecule has 1 N–H and O–H groups in total. The Kier molecular flexibility index (Phi) is 7.43. The minimum atomic E-state index is -3.84. The molecule has 0 radical (unpaired) electrons. The molecule has 1 aliphatic heterocycles. The van der Waals surface area contributed by atoms with Crippen LogP contribution in [0.2, 0.25) is 0 Å². The molecule has 0 spiro atoms. The fourth-order valence-corrected chi connectivity index (χ4v) is 4.21. The van der Waals surface area contributed by atoms with Gasteiger partial charge in [-0.05, 0) is 25.1 Å². The number of nitrogens with zero attached hydrogens (tertiary/aromatic N) is 2. The smallest absolute Gasteiger partial charge is 0.360 e. The molecule has 0 aliphatic carbocycles. The number of ether oxygens (including phenoxy) is 3. The summed E-state index contributed by atoms with van der Waals surface area (Å²) in [5, 5.41) is 3.69. The van der Waals surface area contributed by atoms with Gasteiger partial charge >= 0.3 is 5.97 Å². The van der Waals surface area contributed by atoms with Gasteiger partial charge in [-0.3, -0.25) is 4.90 Å². The largest absolute Gasteiger partial charge is 0.495 e. The third kappa shape index (κ3) is 5.36. The lowest BCUT2D eigenvalue weighted by atomic mass is 10.1. The number of benzene rings is 1. The molecule has 2 aromatic rings. The molecule has 30 heavy (non-hydrogen) atoms. The lowest BCUT2D eigenvalue weighted by Crippen LogP contribution is -2.41. The number of methoxy groups -OCH3 is 1. The Labute approximate surface area is 175 Å². The summed E-state index contributed by atoms with van der Waals surface area (Å²) in [6.07, 6.45) is 0. The minimum Gasteiger partial charge on any atom is -0.495 e. The van der Waals surface area contributed by atoms with Crippen molar-refractivity contribution in [1.29, 1.82) is 0 Å². The number of hydrogen-bond donors (Lipinski definition) is 1. The molecule has 1 aromatic heterocycles. The number of sulfonamides is 1. The summed E-state index contributed by atoms with van der Waals surface area (Å²) in [5.74, 6) is -0.174. The number of rotatable bonds is 9. The SMILES string of the molecule is CCOC(=O)c1cc(-c2ccc(OC)c(S(=O)(=O)NCCN3CCOCC3)c2)on1. The topological polar surface area (TPSA) is 120 Å². The number of nitrogens with one attached hydrogen (secondary N) is 1. The molecule has 2 heterocycles. The Morgan fingerprint density at radius 3 is 2.73 bits per heavy atom. The molecular weight excluding hydrogens is 414 g/mol. The summed E-state index contributed by atoms with van der Waals surface area (Å²) in [7, 11) is -2.44. The van der Waals surface area contributed by atoms with Gasteiger partial charge in [-0.15, -0.1) is 0 Å². The van der Waals surface area contributed by atoms with Crippen LogP contribution in [0.15, 0.2) is 33.7 Å². The fourth-order valence-electron chi connectivity index (χ4n) is 2.99. The minimum absolute atomic E-state index is 0.00992. The number of esters is 1. The predicted octanol–water partition coefficient (Wildman–Crippen LogP) is 1.14. The molecule has 10 nitrogen and oxygen atoms in total. The van der Waals surface area contributed by atoms with E-state index >= 15 is 0 Å². The van der Waals surface area contributed by atoms with Gasteiger partial charge in [0.15, 0.2) is 11.5 Å². The molecule has 1 aromatic carbocycles. The van der Waals surface area contributed by atoms with Crippen molar-refractivity contribution in [3.8, 4) is 17.1 Å². The van der Waals surface area contributed by atoms with Crippen LogP contribution in [0.3, 0.4) is 0 Å². The zero-order valence-electron chi connectivity index (χ0n) is 16.9. The van der Waals surface area contributed by atoms with Crippen molar-refractivity contribution < 1.29 is 31.9 Å². The van der Waals surface area contributed by atoms with Crippen molar-refractivity contribution in [2.75, 3.05) is 53.1 Å². The molecule has 1 saturated heterocycles. The maximum Gasteiger partial charge on any atom is 0.360 e. The highest BCUT2D eigenvalue weighted by Crippen LogP contribution is 2.30.